The Morgan fingerprint density at radius 3 is 2.74 bits per heavy atom. The SMILES string of the molecule is O=c1c(-c2c(F)cccc2Cl)cc2cnc(Nc3ccc(N4CCOCC4)cc3)nc2n1OC[C@@H]1CCNC1. The summed E-state index contributed by atoms with van der Waals surface area (Å²) in [6, 6.07) is 13.9. The summed E-state index contributed by atoms with van der Waals surface area (Å²) >= 11 is 6.31. The zero-order chi connectivity index (χ0) is 26.8. The third-order valence-corrected chi connectivity index (χ3v) is 7.35. The number of anilines is 3. The molecular weight excluding hydrogens is 523 g/mol. The van der Waals surface area contributed by atoms with Crippen LogP contribution in [0.15, 0.2) is 59.5 Å². The fourth-order valence-corrected chi connectivity index (χ4v) is 5.19. The van der Waals surface area contributed by atoms with Gasteiger partial charge < -0.3 is 25.1 Å². The number of halogens is 2. The lowest BCUT2D eigenvalue weighted by molar-refractivity contribution is 0.0857. The fourth-order valence-electron chi connectivity index (χ4n) is 4.93. The van der Waals surface area contributed by atoms with Gasteiger partial charge in [-0.1, -0.05) is 17.7 Å². The standard InChI is InChI=1S/C28H28ClFN6O3/c29-23-2-1-3-24(30)25(23)22-14-19-16-32-28(33-20-4-6-21(7-5-20)35-10-12-38-13-11-35)34-26(19)36(27(22)37)39-17-18-8-9-31-15-18/h1-7,14,16,18,31H,8-13,15,17H2,(H,32,33,34)/t18-/m1/s1. The molecule has 0 aliphatic carbocycles. The fraction of sp³-hybridized carbons (Fsp3) is 0.321. The zero-order valence-corrected chi connectivity index (χ0v) is 22.0. The van der Waals surface area contributed by atoms with Gasteiger partial charge in [-0.3, -0.25) is 4.79 Å². The highest BCUT2D eigenvalue weighted by molar-refractivity contribution is 6.33. The van der Waals surface area contributed by atoms with E-state index in [1.165, 1.54) is 12.1 Å². The molecule has 0 spiro atoms. The molecule has 4 heterocycles. The second kappa shape index (κ2) is 11.2. The van der Waals surface area contributed by atoms with Crippen LogP contribution in [-0.2, 0) is 4.74 Å². The Kier molecular flexibility index (Phi) is 7.32. The van der Waals surface area contributed by atoms with E-state index in [9.17, 15) is 9.18 Å². The van der Waals surface area contributed by atoms with Gasteiger partial charge in [-0.15, -0.1) is 4.73 Å². The van der Waals surface area contributed by atoms with E-state index < -0.39 is 11.4 Å². The van der Waals surface area contributed by atoms with Crippen LogP contribution >= 0.6 is 11.6 Å². The van der Waals surface area contributed by atoms with Crippen molar-refractivity contribution < 1.29 is 14.0 Å². The van der Waals surface area contributed by atoms with Crippen molar-refractivity contribution >= 4 is 40.0 Å². The number of nitrogens with one attached hydrogen (secondary N) is 2. The van der Waals surface area contributed by atoms with E-state index in [0.717, 1.165) is 61.9 Å². The number of hydrogen-bond acceptors (Lipinski definition) is 8. The van der Waals surface area contributed by atoms with Crippen LogP contribution < -0.4 is 25.9 Å². The first-order valence-corrected chi connectivity index (χ1v) is 13.4. The van der Waals surface area contributed by atoms with Crippen LogP contribution in [0.25, 0.3) is 22.2 Å². The van der Waals surface area contributed by atoms with Crippen LogP contribution in [0.1, 0.15) is 6.42 Å². The summed E-state index contributed by atoms with van der Waals surface area (Å²) < 4.78 is 21.4. The first kappa shape index (κ1) is 25.5. The van der Waals surface area contributed by atoms with Gasteiger partial charge in [-0.25, -0.2) is 9.37 Å². The van der Waals surface area contributed by atoms with Crippen molar-refractivity contribution in [2.75, 3.05) is 56.2 Å². The molecule has 2 fully saturated rings. The number of benzene rings is 2. The minimum Gasteiger partial charge on any atom is -0.408 e. The monoisotopic (exact) mass is 550 g/mol. The molecule has 2 aliphatic heterocycles. The van der Waals surface area contributed by atoms with Gasteiger partial charge in [0.1, 0.15) is 12.4 Å². The number of morpholine rings is 1. The number of pyridine rings is 1. The Hall–Kier alpha value is -3.73. The van der Waals surface area contributed by atoms with Crippen molar-refractivity contribution in [1.29, 1.82) is 0 Å². The number of aromatic nitrogens is 3. The molecule has 2 aromatic heterocycles. The molecule has 9 nitrogen and oxygen atoms in total. The van der Waals surface area contributed by atoms with Crippen LogP contribution in [0.3, 0.4) is 0 Å². The number of fused-ring (bicyclic) bond motifs is 1. The molecule has 2 saturated heterocycles. The first-order valence-electron chi connectivity index (χ1n) is 13.0. The van der Waals surface area contributed by atoms with E-state index in [2.05, 4.69) is 25.5 Å². The minimum absolute atomic E-state index is 0.0218. The molecule has 2 aliphatic rings. The Morgan fingerprint density at radius 1 is 1.18 bits per heavy atom. The van der Waals surface area contributed by atoms with E-state index in [1.54, 1.807) is 18.3 Å². The van der Waals surface area contributed by atoms with Crippen molar-refractivity contribution in [2.45, 2.75) is 6.42 Å². The minimum atomic E-state index is -0.592. The maximum atomic E-state index is 14.8. The summed E-state index contributed by atoms with van der Waals surface area (Å²) in [6.45, 7) is 5.16. The number of ether oxygens (including phenoxy) is 1. The molecule has 39 heavy (non-hydrogen) atoms. The lowest BCUT2D eigenvalue weighted by Crippen LogP contribution is -2.36. The quantitative estimate of drug-likeness (QED) is 0.358. The highest BCUT2D eigenvalue weighted by Crippen LogP contribution is 2.30. The molecule has 4 aromatic rings. The average Bonchev–Trinajstić information content (AvgIpc) is 3.48. The van der Waals surface area contributed by atoms with Gasteiger partial charge in [0.2, 0.25) is 5.95 Å². The highest BCUT2D eigenvalue weighted by atomic mass is 35.5. The van der Waals surface area contributed by atoms with Crippen molar-refractivity contribution in [2.24, 2.45) is 5.92 Å². The third kappa shape index (κ3) is 5.40. The van der Waals surface area contributed by atoms with Crippen LogP contribution in [-0.4, -0.2) is 60.7 Å². The summed E-state index contributed by atoms with van der Waals surface area (Å²) in [5, 5.41) is 7.15. The van der Waals surface area contributed by atoms with E-state index in [0.29, 0.717) is 17.9 Å². The first-order chi connectivity index (χ1) is 19.1. The van der Waals surface area contributed by atoms with E-state index in [4.69, 9.17) is 21.2 Å². The number of rotatable bonds is 7. The van der Waals surface area contributed by atoms with Gasteiger partial charge in [0, 0.05) is 54.1 Å². The van der Waals surface area contributed by atoms with E-state index in [-0.39, 0.29) is 27.7 Å². The predicted octanol–water partition coefficient (Wildman–Crippen LogP) is 3.87. The summed E-state index contributed by atoms with van der Waals surface area (Å²) in [5.41, 5.74) is 1.76. The molecule has 2 N–H and O–H groups in total. The third-order valence-electron chi connectivity index (χ3n) is 7.04. The maximum Gasteiger partial charge on any atom is 0.293 e. The molecule has 0 radical (unpaired) electrons. The Morgan fingerprint density at radius 2 is 2.00 bits per heavy atom. The second-order valence-corrected chi connectivity index (χ2v) is 10.1. The summed E-state index contributed by atoms with van der Waals surface area (Å²) in [6.07, 6.45) is 2.52. The normalized spacial score (nSPS) is 17.5. The average molecular weight is 551 g/mol. The smallest absolute Gasteiger partial charge is 0.293 e. The molecule has 0 saturated carbocycles. The second-order valence-electron chi connectivity index (χ2n) is 9.65. The predicted molar refractivity (Wildman–Crippen MR) is 149 cm³/mol. The zero-order valence-electron chi connectivity index (χ0n) is 21.2. The Balaban J connectivity index is 1.35. The van der Waals surface area contributed by atoms with Crippen LogP contribution in [0.5, 0.6) is 0 Å². The molecule has 202 valence electrons. The van der Waals surface area contributed by atoms with Crippen molar-refractivity contribution in [3.63, 3.8) is 0 Å². The Bertz CT molecular complexity index is 1520. The molecule has 0 unspecified atom stereocenters. The molecule has 11 heteroatoms. The molecule has 0 amide bonds. The highest BCUT2D eigenvalue weighted by Gasteiger charge is 2.21. The number of hydrogen-bond donors (Lipinski definition) is 2. The van der Waals surface area contributed by atoms with Gasteiger partial charge in [0.25, 0.3) is 5.56 Å². The van der Waals surface area contributed by atoms with E-state index in [1.807, 2.05) is 24.3 Å². The van der Waals surface area contributed by atoms with Crippen molar-refractivity contribution in [3.8, 4) is 11.1 Å². The van der Waals surface area contributed by atoms with Gasteiger partial charge in [-0.05, 0) is 55.4 Å². The van der Waals surface area contributed by atoms with Gasteiger partial charge >= 0.3 is 0 Å². The Labute approximate surface area is 229 Å². The molecule has 6 rings (SSSR count). The lowest BCUT2D eigenvalue weighted by Gasteiger charge is -2.28. The molecule has 1 atom stereocenters. The largest absolute Gasteiger partial charge is 0.408 e. The van der Waals surface area contributed by atoms with Crippen LogP contribution in [0.4, 0.5) is 21.7 Å². The summed E-state index contributed by atoms with van der Waals surface area (Å²) in [4.78, 5) is 31.0. The van der Waals surface area contributed by atoms with E-state index >= 15 is 0 Å². The maximum absolute atomic E-state index is 14.8. The van der Waals surface area contributed by atoms with Crippen LogP contribution in [0.2, 0.25) is 5.02 Å². The molecule has 2 aromatic carbocycles. The van der Waals surface area contributed by atoms with Gasteiger partial charge in [0.05, 0.1) is 23.8 Å². The number of nitrogens with zero attached hydrogens (tertiary/aromatic N) is 4. The lowest BCUT2D eigenvalue weighted by atomic mass is 10.1. The van der Waals surface area contributed by atoms with Crippen LogP contribution in [0, 0.1) is 11.7 Å². The van der Waals surface area contributed by atoms with Crippen molar-refractivity contribution in [3.05, 3.63) is 75.9 Å². The van der Waals surface area contributed by atoms with Gasteiger partial charge in [0.15, 0.2) is 5.65 Å². The summed E-state index contributed by atoms with van der Waals surface area (Å²) in [5.74, 6) is -0.0418. The molecular formula is C28H28ClFN6O3. The van der Waals surface area contributed by atoms with Crippen molar-refractivity contribution in [1.82, 2.24) is 20.0 Å². The molecule has 0 bridgehead atoms. The summed E-state index contributed by atoms with van der Waals surface area (Å²) in [7, 11) is 0. The van der Waals surface area contributed by atoms with Gasteiger partial charge in [-0.2, -0.15) is 4.98 Å². The topological polar surface area (TPSA) is 93.5 Å².